The molecule has 0 bridgehead atoms. The van der Waals surface area contributed by atoms with E-state index < -0.39 is 11.6 Å². The molecule has 1 heterocycles. The zero-order valence-electron chi connectivity index (χ0n) is 11.4. The number of halogens is 2. The van der Waals surface area contributed by atoms with Gasteiger partial charge in [-0.3, -0.25) is 9.78 Å². The van der Waals surface area contributed by atoms with Crippen molar-refractivity contribution < 1.29 is 18.3 Å². The number of nitrogens with zero attached hydrogens (tertiary/aromatic N) is 2. The average molecular weight is 293 g/mol. The minimum atomic E-state index is -0.800. The molecule has 0 radical (unpaired) electrons. The standard InChI is InChI=1S/C14H13F2N3O2/c1-19(2)14(20)12-5-8(3-4-18-12)21-13-7-9(15)11(17)6-10(13)16/h3-7H,17H2,1-2H3. The van der Waals surface area contributed by atoms with Gasteiger partial charge in [0.25, 0.3) is 5.91 Å². The maximum absolute atomic E-state index is 13.6. The number of carbonyl (C=O) groups is 1. The van der Waals surface area contributed by atoms with Gasteiger partial charge in [0.05, 0.1) is 5.69 Å². The van der Waals surface area contributed by atoms with Crippen LogP contribution in [-0.4, -0.2) is 29.9 Å². The maximum atomic E-state index is 13.6. The van der Waals surface area contributed by atoms with E-state index >= 15 is 0 Å². The molecule has 0 atom stereocenters. The topological polar surface area (TPSA) is 68.5 Å². The van der Waals surface area contributed by atoms with Crippen molar-refractivity contribution >= 4 is 11.6 Å². The highest BCUT2D eigenvalue weighted by atomic mass is 19.1. The number of ether oxygens (including phenoxy) is 1. The molecule has 0 aliphatic carbocycles. The van der Waals surface area contributed by atoms with E-state index in [2.05, 4.69) is 4.98 Å². The molecular weight excluding hydrogens is 280 g/mol. The van der Waals surface area contributed by atoms with Gasteiger partial charge >= 0.3 is 0 Å². The first-order chi connectivity index (χ1) is 9.88. The molecule has 1 aromatic carbocycles. The summed E-state index contributed by atoms with van der Waals surface area (Å²) in [5.74, 6) is -2.07. The van der Waals surface area contributed by atoms with E-state index in [0.717, 1.165) is 12.1 Å². The van der Waals surface area contributed by atoms with Crippen molar-refractivity contribution in [3.63, 3.8) is 0 Å². The van der Waals surface area contributed by atoms with Gasteiger partial charge in [-0.15, -0.1) is 0 Å². The predicted molar refractivity (Wildman–Crippen MR) is 73.1 cm³/mol. The lowest BCUT2D eigenvalue weighted by Crippen LogP contribution is -2.22. The Balaban J connectivity index is 2.30. The van der Waals surface area contributed by atoms with Crippen LogP contribution >= 0.6 is 0 Å². The van der Waals surface area contributed by atoms with Crippen molar-refractivity contribution in [2.24, 2.45) is 0 Å². The van der Waals surface area contributed by atoms with E-state index in [0.29, 0.717) is 0 Å². The number of pyridine rings is 1. The number of nitrogens with two attached hydrogens (primary N) is 1. The number of carbonyl (C=O) groups excluding carboxylic acids is 1. The summed E-state index contributed by atoms with van der Waals surface area (Å²) in [5, 5.41) is 0. The highest BCUT2D eigenvalue weighted by Crippen LogP contribution is 2.28. The lowest BCUT2D eigenvalue weighted by atomic mass is 10.2. The van der Waals surface area contributed by atoms with E-state index in [4.69, 9.17) is 10.5 Å². The van der Waals surface area contributed by atoms with E-state index in [1.165, 1.54) is 23.2 Å². The number of aromatic nitrogens is 1. The molecule has 2 aromatic rings. The van der Waals surface area contributed by atoms with Crippen LogP contribution in [-0.2, 0) is 0 Å². The Morgan fingerprint density at radius 3 is 2.62 bits per heavy atom. The molecule has 5 nitrogen and oxygen atoms in total. The Kier molecular flexibility index (Phi) is 4.02. The predicted octanol–water partition coefficient (Wildman–Crippen LogP) is 2.44. The molecule has 2 N–H and O–H groups in total. The Morgan fingerprint density at radius 2 is 1.95 bits per heavy atom. The third kappa shape index (κ3) is 3.25. The van der Waals surface area contributed by atoms with E-state index in [9.17, 15) is 13.6 Å². The molecular formula is C14H13F2N3O2. The Hall–Kier alpha value is -2.70. The van der Waals surface area contributed by atoms with Crippen molar-refractivity contribution in [3.05, 3.63) is 47.8 Å². The van der Waals surface area contributed by atoms with E-state index in [-0.39, 0.29) is 28.8 Å². The van der Waals surface area contributed by atoms with Gasteiger partial charge < -0.3 is 15.4 Å². The molecule has 0 fully saturated rings. The van der Waals surface area contributed by atoms with Crippen LogP contribution in [0, 0.1) is 11.6 Å². The summed E-state index contributed by atoms with van der Waals surface area (Å²) in [6.07, 6.45) is 1.34. The van der Waals surface area contributed by atoms with Crippen LogP contribution in [0.4, 0.5) is 14.5 Å². The number of amides is 1. The Labute approximate surface area is 120 Å². The van der Waals surface area contributed by atoms with Crippen molar-refractivity contribution in [3.8, 4) is 11.5 Å². The van der Waals surface area contributed by atoms with Crippen LogP contribution in [0.25, 0.3) is 0 Å². The van der Waals surface area contributed by atoms with E-state index in [1.54, 1.807) is 14.1 Å². The SMILES string of the molecule is CN(C)C(=O)c1cc(Oc2cc(F)c(N)cc2F)ccn1. The van der Waals surface area contributed by atoms with Crippen LogP contribution < -0.4 is 10.5 Å². The number of hydrogen-bond acceptors (Lipinski definition) is 4. The third-order valence-corrected chi connectivity index (χ3v) is 2.64. The fraction of sp³-hybridized carbons (Fsp3) is 0.143. The van der Waals surface area contributed by atoms with Crippen LogP contribution in [0.15, 0.2) is 30.5 Å². The maximum Gasteiger partial charge on any atom is 0.272 e. The lowest BCUT2D eigenvalue weighted by molar-refractivity contribution is 0.0821. The fourth-order valence-corrected chi connectivity index (χ4v) is 1.57. The zero-order valence-corrected chi connectivity index (χ0v) is 11.4. The summed E-state index contributed by atoms with van der Waals surface area (Å²) in [5.41, 5.74) is 5.08. The van der Waals surface area contributed by atoms with Gasteiger partial charge in [0.1, 0.15) is 17.3 Å². The minimum Gasteiger partial charge on any atom is -0.454 e. The third-order valence-electron chi connectivity index (χ3n) is 2.64. The van der Waals surface area contributed by atoms with Gasteiger partial charge in [0.2, 0.25) is 0 Å². The number of benzene rings is 1. The van der Waals surface area contributed by atoms with Gasteiger partial charge in [0.15, 0.2) is 11.6 Å². The molecule has 110 valence electrons. The molecule has 0 saturated heterocycles. The summed E-state index contributed by atoms with van der Waals surface area (Å²) in [4.78, 5) is 17.0. The molecule has 0 unspecified atom stereocenters. The van der Waals surface area contributed by atoms with Crippen LogP contribution in [0.5, 0.6) is 11.5 Å². The van der Waals surface area contributed by atoms with Crippen LogP contribution in [0.3, 0.4) is 0 Å². The first-order valence-electron chi connectivity index (χ1n) is 5.98. The summed E-state index contributed by atoms with van der Waals surface area (Å²) < 4.78 is 32.2. The monoisotopic (exact) mass is 293 g/mol. The largest absolute Gasteiger partial charge is 0.454 e. The zero-order chi connectivity index (χ0) is 15.6. The Bertz CT molecular complexity index is 690. The molecule has 1 aromatic heterocycles. The quantitative estimate of drug-likeness (QED) is 0.882. The second-order valence-corrected chi connectivity index (χ2v) is 4.48. The van der Waals surface area contributed by atoms with Crippen LogP contribution in [0.2, 0.25) is 0 Å². The van der Waals surface area contributed by atoms with Gasteiger partial charge in [-0.05, 0) is 6.07 Å². The molecule has 2 rings (SSSR count). The first kappa shape index (κ1) is 14.7. The van der Waals surface area contributed by atoms with Crippen LogP contribution in [0.1, 0.15) is 10.5 Å². The molecule has 0 spiro atoms. The summed E-state index contributed by atoms with van der Waals surface area (Å²) in [6, 6.07) is 4.45. The second kappa shape index (κ2) is 5.74. The van der Waals surface area contributed by atoms with Gasteiger partial charge in [-0.1, -0.05) is 0 Å². The van der Waals surface area contributed by atoms with Crippen molar-refractivity contribution in [1.29, 1.82) is 0 Å². The van der Waals surface area contributed by atoms with Gasteiger partial charge in [-0.25, -0.2) is 8.78 Å². The Morgan fingerprint density at radius 1 is 1.24 bits per heavy atom. The van der Waals surface area contributed by atoms with Gasteiger partial charge in [-0.2, -0.15) is 0 Å². The van der Waals surface area contributed by atoms with E-state index in [1.807, 2.05) is 0 Å². The summed E-state index contributed by atoms with van der Waals surface area (Å²) in [7, 11) is 3.15. The fourth-order valence-electron chi connectivity index (χ4n) is 1.57. The average Bonchev–Trinajstić information content (AvgIpc) is 2.44. The normalized spacial score (nSPS) is 10.3. The molecule has 7 heteroatoms. The highest BCUT2D eigenvalue weighted by Gasteiger charge is 2.13. The minimum absolute atomic E-state index is 0.133. The molecule has 21 heavy (non-hydrogen) atoms. The summed E-state index contributed by atoms with van der Waals surface area (Å²) in [6.45, 7) is 0. The number of anilines is 1. The van der Waals surface area contributed by atoms with Crippen molar-refractivity contribution in [2.45, 2.75) is 0 Å². The number of hydrogen-bond donors (Lipinski definition) is 1. The lowest BCUT2D eigenvalue weighted by Gasteiger charge is -2.11. The van der Waals surface area contributed by atoms with Crippen molar-refractivity contribution in [1.82, 2.24) is 9.88 Å². The number of nitrogen functional groups attached to an aromatic ring is 1. The van der Waals surface area contributed by atoms with Crippen molar-refractivity contribution in [2.75, 3.05) is 19.8 Å². The number of rotatable bonds is 3. The first-order valence-corrected chi connectivity index (χ1v) is 5.98. The van der Waals surface area contributed by atoms with Gasteiger partial charge in [0, 0.05) is 38.5 Å². The molecule has 0 aliphatic rings. The highest BCUT2D eigenvalue weighted by molar-refractivity contribution is 5.92. The molecule has 1 amide bonds. The smallest absolute Gasteiger partial charge is 0.272 e. The molecule has 0 aliphatic heterocycles. The second-order valence-electron chi connectivity index (χ2n) is 4.48. The molecule has 0 saturated carbocycles. The summed E-state index contributed by atoms with van der Waals surface area (Å²) >= 11 is 0.